The molecule has 1 aromatic carbocycles. The molecule has 0 aliphatic rings. The number of benzene rings is 1. The predicted molar refractivity (Wildman–Crippen MR) is 57.9 cm³/mol. The first-order chi connectivity index (χ1) is 6.50. The Morgan fingerprint density at radius 1 is 1.36 bits per heavy atom. The summed E-state index contributed by atoms with van der Waals surface area (Å²) in [6, 6.07) is 2.52. The van der Waals surface area contributed by atoms with E-state index in [4.69, 9.17) is 40.5 Å². The van der Waals surface area contributed by atoms with Crippen molar-refractivity contribution in [3.05, 3.63) is 32.8 Å². The highest BCUT2D eigenvalue weighted by Gasteiger charge is 2.07. The fourth-order valence-electron chi connectivity index (χ4n) is 0.920. The third-order valence-corrected chi connectivity index (χ3v) is 2.58. The number of nitrogens with one attached hydrogen (secondary N) is 1. The quantitative estimate of drug-likeness (QED) is 0.782. The van der Waals surface area contributed by atoms with E-state index in [1.54, 1.807) is 6.07 Å². The van der Waals surface area contributed by atoms with Crippen LogP contribution in [-0.2, 0) is 6.54 Å². The zero-order valence-electron chi connectivity index (χ0n) is 6.98. The van der Waals surface area contributed by atoms with Gasteiger partial charge in [-0.3, -0.25) is 0 Å². The molecule has 3 N–H and O–H groups in total. The molecule has 0 aromatic heterocycles. The van der Waals surface area contributed by atoms with Gasteiger partial charge >= 0.3 is 6.03 Å². The van der Waals surface area contributed by atoms with Crippen molar-refractivity contribution in [2.24, 2.45) is 5.73 Å². The largest absolute Gasteiger partial charge is 0.352 e. The number of rotatable bonds is 2. The molecule has 0 spiro atoms. The molecule has 3 nitrogen and oxygen atoms in total. The summed E-state index contributed by atoms with van der Waals surface area (Å²) >= 11 is 17.4. The summed E-state index contributed by atoms with van der Waals surface area (Å²) in [6.07, 6.45) is 0. The highest BCUT2D eigenvalue weighted by atomic mass is 35.5. The Morgan fingerprint density at radius 3 is 2.57 bits per heavy atom. The fraction of sp³-hybridized carbons (Fsp3) is 0.125. The van der Waals surface area contributed by atoms with E-state index >= 15 is 0 Å². The van der Waals surface area contributed by atoms with Crippen molar-refractivity contribution in [1.29, 1.82) is 0 Å². The average molecular weight is 254 g/mol. The van der Waals surface area contributed by atoms with Crippen LogP contribution in [0.5, 0.6) is 0 Å². The molecule has 0 aliphatic heterocycles. The minimum atomic E-state index is -0.628. The van der Waals surface area contributed by atoms with Crippen molar-refractivity contribution in [1.82, 2.24) is 5.32 Å². The Balaban J connectivity index is 2.90. The van der Waals surface area contributed by atoms with Crippen molar-refractivity contribution in [3.63, 3.8) is 0 Å². The van der Waals surface area contributed by atoms with Gasteiger partial charge in [-0.1, -0.05) is 34.8 Å². The number of urea groups is 1. The lowest BCUT2D eigenvalue weighted by Gasteiger charge is -2.06. The van der Waals surface area contributed by atoms with E-state index in [-0.39, 0.29) is 6.54 Å². The minimum Gasteiger partial charge on any atom is -0.352 e. The van der Waals surface area contributed by atoms with Gasteiger partial charge in [0.2, 0.25) is 0 Å². The first kappa shape index (κ1) is 11.4. The number of primary amides is 1. The van der Waals surface area contributed by atoms with Crippen LogP contribution in [-0.4, -0.2) is 6.03 Å². The summed E-state index contributed by atoms with van der Waals surface area (Å²) in [5, 5.41) is 3.57. The molecular formula is C8H7Cl3N2O. The van der Waals surface area contributed by atoms with Crippen LogP contribution in [0.15, 0.2) is 12.1 Å². The maximum Gasteiger partial charge on any atom is 0.312 e. The Bertz CT molecular complexity index is 368. The SMILES string of the molecule is NC(=O)NCc1cc(Cl)cc(Cl)c1Cl. The van der Waals surface area contributed by atoms with E-state index in [1.807, 2.05) is 0 Å². The number of carbonyl (C=O) groups excluding carboxylic acids is 1. The molecule has 0 radical (unpaired) electrons. The van der Waals surface area contributed by atoms with E-state index in [0.717, 1.165) is 0 Å². The Morgan fingerprint density at radius 2 is 2.00 bits per heavy atom. The zero-order chi connectivity index (χ0) is 10.7. The van der Waals surface area contributed by atoms with Crippen LogP contribution in [0.25, 0.3) is 0 Å². The molecule has 0 unspecified atom stereocenters. The van der Waals surface area contributed by atoms with Gasteiger partial charge in [-0.15, -0.1) is 0 Å². The molecular weight excluding hydrogens is 246 g/mol. The molecule has 14 heavy (non-hydrogen) atoms. The monoisotopic (exact) mass is 252 g/mol. The second kappa shape index (κ2) is 4.73. The molecule has 0 bridgehead atoms. The molecule has 76 valence electrons. The Labute approximate surface area is 96.1 Å². The summed E-state index contributed by atoms with van der Waals surface area (Å²) in [5.74, 6) is 0. The van der Waals surface area contributed by atoms with Gasteiger partial charge in [0.15, 0.2) is 0 Å². The maximum absolute atomic E-state index is 10.5. The number of carbonyl (C=O) groups is 1. The van der Waals surface area contributed by atoms with E-state index in [0.29, 0.717) is 20.6 Å². The molecule has 0 saturated heterocycles. The van der Waals surface area contributed by atoms with Crippen LogP contribution in [0.1, 0.15) is 5.56 Å². The average Bonchev–Trinajstić information content (AvgIpc) is 2.08. The third-order valence-electron chi connectivity index (χ3n) is 1.52. The summed E-state index contributed by atoms with van der Waals surface area (Å²) < 4.78 is 0. The molecule has 1 aromatic rings. The van der Waals surface area contributed by atoms with Crippen LogP contribution >= 0.6 is 34.8 Å². The van der Waals surface area contributed by atoms with Crippen molar-refractivity contribution in [2.45, 2.75) is 6.54 Å². The minimum absolute atomic E-state index is 0.203. The van der Waals surface area contributed by atoms with E-state index in [9.17, 15) is 4.79 Å². The van der Waals surface area contributed by atoms with E-state index < -0.39 is 6.03 Å². The number of halogens is 3. The summed E-state index contributed by atoms with van der Waals surface area (Å²) in [6.45, 7) is 0.203. The maximum atomic E-state index is 10.5. The van der Waals surface area contributed by atoms with Crippen LogP contribution in [0.3, 0.4) is 0 Å². The topological polar surface area (TPSA) is 55.1 Å². The second-order valence-corrected chi connectivity index (χ2v) is 3.80. The Kier molecular flexibility index (Phi) is 3.86. The van der Waals surface area contributed by atoms with Crippen molar-refractivity contribution in [2.75, 3.05) is 0 Å². The number of nitrogens with two attached hydrogens (primary N) is 1. The van der Waals surface area contributed by atoms with Crippen LogP contribution < -0.4 is 11.1 Å². The molecule has 0 heterocycles. The lowest BCUT2D eigenvalue weighted by molar-refractivity contribution is 0.248. The fourth-order valence-corrected chi connectivity index (χ4v) is 1.63. The molecule has 1 rings (SSSR count). The van der Waals surface area contributed by atoms with Gasteiger partial charge < -0.3 is 11.1 Å². The van der Waals surface area contributed by atoms with Crippen LogP contribution in [0, 0.1) is 0 Å². The van der Waals surface area contributed by atoms with Crippen molar-refractivity contribution in [3.8, 4) is 0 Å². The van der Waals surface area contributed by atoms with E-state index in [2.05, 4.69) is 5.32 Å². The van der Waals surface area contributed by atoms with Gasteiger partial charge in [-0.2, -0.15) is 0 Å². The highest BCUT2D eigenvalue weighted by molar-refractivity contribution is 6.43. The lowest BCUT2D eigenvalue weighted by Crippen LogP contribution is -2.28. The molecule has 0 saturated carbocycles. The van der Waals surface area contributed by atoms with Crippen molar-refractivity contribution < 1.29 is 4.79 Å². The lowest BCUT2D eigenvalue weighted by atomic mass is 10.2. The van der Waals surface area contributed by atoms with Gasteiger partial charge in [-0.05, 0) is 17.7 Å². The normalized spacial score (nSPS) is 9.93. The van der Waals surface area contributed by atoms with Crippen molar-refractivity contribution >= 4 is 40.8 Å². The van der Waals surface area contributed by atoms with Crippen LogP contribution in [0.2, 0.25) is 15.1 Å². The molecule has 0 fully saturated rings. The summed E-state index contributed by atoms with van der Waals surface area (Å²) in [5.41, 5.74) is 5.54. The zero-order valence-corrected chi connectivity index (χ0v) is 9.25. The molecule has 6 heteroatoms. The molecule has 0 atom stereocenters. The second-order valence-electron chi connectivity index (χ2n) is 2.58. The third kappa shape index (κ3) is 2.94. The summed E-state index contributed by atoms with van der Waals surface area (Å²) in [4.78, 5) is 10.5. The van der Waals surface area contributed by atoms with E-state index in [1.165, 1.54) is 6.07 Å². The Hall–Kier alpha value is -0.640. The van der Waals surface area contributed by atoms with Gasteiger partial charge in [-0.25, -0.2) is 4.79 Å². The van der Waals surface area contributed by atoms with Gasteiger partial charge in [0.1, 0.15) is 0 Å². The van der Waals surface area contributed by atoms with Gasteiger partial charge in [0.25, 0.3) is 0 Å². The first-order valence-electron chi connectivity index (χ1n) is 3.67. The standard InChI is InChI=1S/C8H7Cl3N2O/c9-5-1-4(3-13-8(12)14)7(11)6(10)2-5/h1-2H,3H2,(H3,12,13,14). The smallest absolute Gasteiger partial charge is 0.312 e. The number of hydrogen-bond donors (Lipinski definition) is 2. The predicted octanol–water partition coefficient (Wildman–Crippen LogP) is 2.82. The van der Waals surface area contributed by atoms with Gasteiger partial charge in [0.05, 0.1) is 10.0 Å². The molecule has 2 amide bonds. The molecule has 0 aliphatic carbocycles. The highest BCUT2D eigenvalue weighted by Crippen LogP contribution is 2.29. The summed E-state index contributed by atoms with van der Waals surface area (Å²) in [7, 11) is 0. The van der Waals surface area contributed by atoms with Gasteiger partial charge in [0, 0.05) is 11.6 Å². The number of amides is 2. The number of hydrogen-bond acceptors (Lipinski definition) is 1. The van der Waals surface area contributed by atoms with Crippen LogP contribution in [0.4, 0.5) is 4.79 Å². The first-order valence-corrected chi connectivity index (χ1v) is 4.81.